The van der Waals surface area contributed by atoms with Gasteiger partial charge in [0, 0.05) is 6.04 Å². The maximum absolute atomic E-state index is 11.5. The third kappa shape index (κ3) is 8.06. The van der Waals surface area contributed by atoms with Crippen LogP contribution in [-0.4, -0.2) is 40.1 Å². The normalized spacial score (nSPS) is 13.6. The van der Waals surface area contributed by atoms with Crippen molar-refractivity contribution < 1.29 is 16.8 Å². The molecule has 0 fully saturated rings. The van der Waals surface area contributed by atoms with Crippen LogP contribution < -0.4 is 4.72 Å². The molecule has 16 heavy (non-hydrogen) atoms. The minimum atomic E-state index is -3.48. The van der Waals surface area contributed by atoms with Gasteiger partial charge in [0.05, 0.1) is 17.3 Å². The van der Waals surface area contributed by atoms with Crippen LogP contribution in [0.25, 0.3) is 0 Å². The van der Waals surface area contributed by atoms with Crippen molar-refractivity contribution in [3.05, 3.63) is 0 Å². The van der Waals surface area contributed by atoms with E-state index >= 15 is 0 Å². The Kier molecular flexibility index (Phi) is 5.92. The molecule has 0 heterocycles. The zero-order valence-electron chi connectivity index (χ0n) is 10.2. The highest BCUT2D eigenvalue weighted by atomic mass is 32.2. The lowest BCUT2D eigenvalue weighted by molar-refractivity contribution is 0.565. The highest BCUT2D eigenvalue weighted by molar-refractivity contribution is 7.94. The van der Waals surface area contributed by atoms with E-state index in [1.54, 1.807) is 27.7 Å². The van der Waals surface area contributed by atoms with Gasteiger partial charge in [0.15, 0.2) is 9.84 Å². The van der Waals surface area contributed by atoms with Gasteiger partial charge in [-0.3, -0.25) is 0 Å². The second-order valence-corrected chi connectivity index (χ2v) is 8.70. The molecular weight excluding hydrogens is 250 g/mol. The van der Waals surface area contributed by atoms with Crippen molar-refractivity contribution in [2.75, 3.05) is 17.3 Å². The van der Waals surface area contributed by atoms with Gasteiger partial charge in [-0.25, -0.2) is 21.6 Å². The molecule has 0 saturated heterocycles. The van der Waals surface area contributed by atoms with Gasteiger partial charge >= 0.3 is 0 Å². The summed E-state index contributed by atoms with van der Waals surface area (Å²) < 4.78 is 48.1. The Hall–Kier alpha value is -0.140. The topological polar surface area (TPSA) is 80.3 Å². The third-order valence-corrected chi connectivity index (χ3v) is 5.50. The quantitative estimate of drug-likeness (QED) is 0.726. The van der Waals surface area contributed by atoms with Crippen LogP contribution in [-0.2, 0) is 19.9 Å². The molecule has 98 valence electrons. The Morgan fingerprint density at radius 3 is 1.81 bits per heavy atom. The first-order valence-electron chi connectivity index (χ1n) is 5.24. The van der Waals surface area contributed by atoms with Crippen molar-refractivity contribution in [3.8, 4) is 0 Å². The van der Waals surface area contributed by atoms with Gasteiger partial charge in [-0.2, -0.15) is 0 Å². The van der Waals surface area contributed by atoms with Crippen LogP contribution in [0.2, 0.25) is 0 Å². The van der Waals surface area contributed by atoms with Crippen LogP contribution in [0.4, 0.5) is 0 Å². The van der Waals surface area contributed by atoms with E-state index in [0.717, 1.165) is 0 Å². The Labute approximate surface area is 98.6 Å². The summed E-state index contributed by atoms with van der Waals surface area (Å²) in [4.78, 5) is 0. The fourth-order valence-electron chi connectivity index (χ4n) is 1.25. The molecule has 0 saturated carbocycles. The van der Waals surface area contributed by atoms with Crippen LogP contribution in [0.15, 0.2) is 0 Å². The molecule has 0 aliphatic heterocycles. The van der Waals surface area contributed by atoms with E-state index in [-0.39, 0.29) is 29.2 Å². The summed E-state index contributed by atoms with van der Waals surface area (Å²) in [5.74, 6) is -0.622. The van der Waals surface area contributed by atoms with Crippen molar-refractivity contribution in [1.29, 1.82) is 0 Å². The number of nitrogens with one attached hydrogen (secondary N) is 1. The Bertz CT molecular complexity index is 355. The Morgan fingerprint density at radius 1 is 0.938 bits per heavy atom. The second kappa shape index (κ2) is 5.97. The second-order valence-electron chi connectivity index (χ2n) is 4.60. The van der Waals surface area contributed by atoms with E-state index in [9.17, 15) is 16.8 Å². The molecule has 0 rings (SSSR count). The van der Waals surface area contributed by atoms with Crippen LogP contribution in [0.1, 0.15) is 27.7 Å². The minimum Gasteiger partial charge on any atom is -0.229 e. The molecule has 0 aromatic heterocycles. The third-order valence-electron chi connectivity index (χ3n) is 1.67. The lowest BCUT2D eigenvalue weighted by atomic mass is 10.3. The molecule has 1 N–H and O–H groups in total. The number of hydrogen-bond donors (Lipinski definition) is 1. The minimum absolute atomic E-state index is 0.0192. The van der Waals surface area contributed by atoms with Crippen molar-refractivity contribution in [2.24, 2.45) is 5.92 Å². The standard InChI is InChI=1S/C9H21NO4S2/c1-8(2)7-15(11,12)5-6-16(13,14)10-9(3)4/h8-10H,5-7H2,1-4H3. The molecule has 0 aliphatic rings. The summed E-state index contributed by atoms with van der Waals surface area (Å²) in [7, 11) is -6.75. The Morgan fingerprint density at radius 2 is 1.44 bits per heavy atom. The van der Waals surface area contributed by atoms with E-state index < -0.39 is 19.9 Å². The zero-order valence-corrected chi connectivity index (χ0v) is 11.9. The van der Waals surface area contributed by atoms with E-state index in [2.05, 4.69) is 4.72 Å². The van der Waals surface area contributed by atoms with Crippen molar-refractivity contribution >= 4 is 19.9 Å². The first kappa shape index (κ1) is 15.9. The highest BCUT2D eigenvalue weighted by Crippen LogP contribution is 2.02. The average molecular weight is 271 g/mol. The summed E-state index contributed by atoms with van der Waals surface area (Å²) in [6.07, 6.45) is 0. The van der Waals surface area contributed by atoms with Gasteiger partial charge in [-0.1, -0.05) is 13.8 Å². The van der Waals surface area contributed by atoms with Crippen LogP contribution in [0.3, 0.4) is 0 Å². The first-order valence-corrected chi connectivity index (χ1v) is 8.72. The predicted octanol–water partition coefficient (Wildman–Crippen LogP) is 0.385. The molecule has 0 aromatic rings. The summed E-state index contributed by atoms with van der Waals surface area (Å²) in [6, 6.07) is -0.210. The smallest absolute Gasteiger partial charge is 0.212 e. The van der Waals surface area contributed by atoms with E-state index in [4.69, 9.17) is 0 Å². The largest absolute Gasteiger partial charge is 0.229 e. The maximum Gasteiger partial charge on any atom is 0.212 e. The van der Waals surface area contributed by atoms with Crippen molar-refractivity contribution in [2.45, 2.75) is 33.7 Å². The molecule has 0 spiro atoms. The Balaban J connectivity index is 4.35. The van der Waals surface area contributed by atoms with Gasteiger partial charge < -0.3 is 0 Å². The lowest BCUT2D eigenvalue weighted by Gasteiger charge is -2.10. The van der Waals surface area contributed by atoms with Crippen molar-refractivity contribution in [1.82, 2.24) is 4.72 Å². The summed E-state index contributed by atoms with van der Waals surface area (Å²) in [5.41, 5.74) is 0. The molecule has 0 unspecified atom stereocenters. The summed E-state index contributed by atoms with van der Waals surface area (Å²) in [5, 5.41) is 0. The van der Waals surface area contributed by atoms with Crippen LogP contribution >= 0.6 is 0 Å². The van der Waals surface area contributed by atoms with Crippen molar-refractivity contribution in [3.63, 3.8) is 0 Å². The molecule has 7 heteroatoms. The monoisotopic (exact) mass is 271 g/mol. The molecular formula is C9H21NO4S2. The predicted molar refractivity (Wildman–Crippen MR) is 65.6 cm³/mol. The van der Waals surface area contributed by atoms with Gasteiger partial charge in [0.1, 0.15) is 0 Å². The van der Waals surface area contributed by atoms with Gasteiger partial charge in [0.2, 0.25) is 10.0 Å². The van der Waals surface area contributed by atoms with Gasteiger partial charge in [-0.05, 0) is 19.8 Å². The highest BCUT2D eigenvalue weighted by Gasteiger charge is 2.19. The number of hydrogen-bond acceptors (Lipinski definition) is 4. The number of sulfone groups is 1. The molecule has 0 aliphatic carbocycles. The van der Waals surface area contributed by atoms with E-state index in [1.165, 1.54) is 0 Å². The molecule has 0 bridgehead atoms. The van der Waals surface area contributed by atoms with Crippen LogP contribution in [0, 0.1) is 5.92 Å². The summed E-state index contributed by atoms with van der Waals surface area (Å²) >= 11 is 0. The van der Waals surface area contributed by atoms with Gasteiger partial charge in [0.25, 0.3) is 0 Å². The summed E-state index contributed by atoms with van der Waals surface area (Å²) in [6.45, 7) is 6.97. The first-order chi connectivity index (χ1) is 7.04. The van der Waals surface area contributed by atoms with Gasteiger partial charge in [-0.15, -0.1) is 0 Å². The zero-order chi connectivity index (χ0) is 13.0. The fraction of sp³-hybridized carbons (Fsp3) is 1.00. The number of sulfonamides is 1. The van der Waals surface area contributed by atoms with Crippen LogP contribution in [0.5, 0.6) is 0 Å². The molecule has 0 amide bonds. The SMILES string of the molecule is CC(C)CS(=O)(=O)CCS(=O)(=O)NC(C)C. The fourth-order valence-corrected chi connectivity index (χ4v) is 5.16. The molecule has 0 atom stereocenters. The van der Waals surface area contributed by atoms with E-state index in [0.29, 0.717) is 0 Å². The average Bonchev–Trinajstić information content (AvgIpc) is 1.96. The molecule has 5 nitrogen and oxygen atoms in total. The molecule has 0 aromatic carbocycles. The van der Waals surface area contributed by atoms with E-state index in [1.807, 2.05) is 0 Å². The maximum atomic E-state index is 11.5. The lowest BCUT2D eigenvalue weighted by Crippen LogP contribution is -2.35. The molecule has 0 radical (unpaired) electrons. The number of rotatable bonds is 7.